The van der Waals surface area contributed by atoms with Gasteiger partial charge in [-0.25, -0.2) is 0 Å². The molecule has 4 aromatic rings. The lowest BCUT2D eigenvalue weighted by Gasteiger charge is -2.26. The first-order valence-electron chi connectivity index (χ1n) is 13.2. The van der Waals surface area contributed by atoms with Crippen LogP contribution < -0.4 is 16.4 Å². The van der Waals surface area contributed by atoms with E-state index >= 15 is 0 Å². The average Bonchev–Trinajstić information content (AvgIpc) is 2.97. The Balaban J connectivity index is 1.57. The van der Waals surface area contributed by atoms with Gasteiger partial charge in [-0.3, -0.25) is 19.3 Å². The number of hydrogen-bond donors (Lipinski definition) is 4. The number of rotatable bonds is 12. The minimum atomic E-state index is -1.08. The smallest absolute Gasteiger partial charge is 0.320 e. The number of hydrogen-bond acceptors (Lipinski definition) is 5. The van der Waals surface area contributed by atoms with Crippen molar-refractivity contribution >= 4 is 52.4 Å². The highest BCUT2D eigenvalue weighted by Crippen LogP contribution is 2.24. The second-order valence-electron chi connectivity index (χ2n) is 9.69. The van der Waals surface area contributed by atoms with Crippen molar-refractivity contribution in [2.45, 2.75) is 25.6 Å². The second-order valence-corrected chi connectivity index (χ2v) is 10.6. The van der Waals surface area contributed by atoms with Crippen LogP contribution in [0.5, 0.6) is 0 Å². The molecule has 2 amide bonds. The third-order valence-electron chi connectivity index (χ3n) is 6.57. The molecule has 1 atom stereocenters. The van der Waals surface area contributed by atoms with E-state index in [2.05, 4.69) is 10.6 Å². The fourth-order valence-corrected chi connectivity index (χ4v) is 4.73. The Hall–Kier alpha value is -4.21. The highest BCUT2D eigenvalue weighted by Gasteiger charge is 2.18. The zero-order valence-electron chi connectivity index (χ0n) is 22.6. The number of nitrogens with one attached hydrogen (secondary N) is 2. The van der Waals surface area contributed by atoms with Crippen molar-refractivity contribution in [2.75, 3.05) is 17.2 Å². The zero-order valence-corrected chi connectivity index (χ0v) is 24.1. The SMILES string of the molecule is NC(CCN(Cc1ccccc1NC(=O)c1cccc(Cl)c1)Cc1ccccc1NC(=O)c1cccc(Cl)c1)C(=O)O. The number of anilines is 2. The van der Waals surface area contributed by atoms with E-state index in [1.165, 1.54) is 0 Å². The Morgan fingerprint density at radius 3 is 1.60 bits per heavy atom. The van der Waals surface area contributed by atoms with E-state index in [0.29, 0.717) is 52.2 Å². The molecule has 4 rings (SSSR count). The van der Waals surface area contributed by atoms with Crippen LogP contribution in [-0.4, -0.2) is 40.4 Å². The molecule has 8 nitrogen and oxygen atoms in total. The average molecular weight is 606 g/mol. The number of carbonyl (C=O) groups excluding carboxylic acids is 2. The summed E-state index contributed by atoms with van der Waals surface area (Å²) in [5, 5.41) is 16.2. The lowest BCUT2D eigenvalue weighted by Crippen LogP contribution is -2.35. The normalized spacial score (nSPS) is 11.6. The molecular weight excluding hydrogens is 575 g/mol. The quantitative estimate of drug-likeness (QED) is 0.150. The van der Waals surface area contributed by atoms with Gasteiger partial charge in [0.2, 0.25) is 0 Å². The number of benzene rings is 4. The molecule has 216 valence electrons. The van der Waals surface area contributed by atoms with Crippen molar-refractivity contribution in [3.63, 3.8) is 0 Å². The van der Waals surface area contributed by atoms with Crippen LogP contribution in [0.3, 0.4) is 0 Å². The molecule has 10 heteroatoms. The van der Waals surface area contributed by atoms with Gasteiger partial charge in [0.05, 0.1) is 0 Å². The fraction of sp³-hybridized carbons (Fsp3) is 0.156. The molecule has 0 fully saturated rings. The van der Waals surface area contributed by atoms with Crippen molar-refractivity contribution in [2.24, 2.45) is 5.73 Å². The van der Waals surface area contributed by atoms with Crippen molar-refractivity contribution in [3.8, 4) is 0 Å². The molecule has 0 bridgehead atoms. The summed E-state index contributed by atoms with van der Waals surface area (Å²) >= 11 is 12.1. The third-order valence-corrected chi connectivity index (χ3v) is 7.04. The number of nitrogens with zero attached hydrogens (tertiary/aromatic N) is 1. The van der Waals surface area contributed by atoms with Crippen LogP contribution in [0.25, 0.3) is 0 Å². The van der Waals surface area contributed by atoms with Crippen LogP contribution in [0, 0.1) is 0 Å². The summed E-state index contributed by atoms with van der Waals surface area (Å²) in [6, 6.07) is 27.1. The molecule has 0 aliphatic carbocycles. The number of carboxylic acid groups (broad SMARTS) is 1. The van der Waals surface area contributed by atoms with E-state index < -0.39 is 12.0 Å². The first-order valence-corrected chi connectivity index (χ1v) is 14.0. The summed E-state index contributed by atoms with van der Waals surface area (Å²) < 4.78 is 0. The molecule has 1 unspecified atom stereocenters. The Kier molecular flexibility index (Phi) is 10.7. The molecule has 0 heterocycles. The number of amides is 2. The molecule has 0 radical (unpaired) electrons. The molecule has 0 aromatic heterocycles. The van der Waals surface area contributed by atoms with Crippen LogP contribution >= 0.6 is 23.2 Å². The molecule has 0 aliphatic rings. The third kappa shape index (κ3) is 8.64. The predicted molar refractivity (Wildman–Crippen MR) is 166 cm³/mol. The predicted octanol–water partition coefficient (Wildman–Crippen LogP) is 6.30. The summed E-state index contributed by atoms with van der Waals surface area (Å²) in [4.78, 5) is 39.4. The van der Waals surface area contributed by atoms with E-state index in [0.717, 1.165) is 11.1 Å². The summed E-state index contributed by atoms with van der Waals surface area (Å²) in [5.74, 6) is -1.70. The molecule has 5 N–H and O–H groups in total. The van der Waals surface area contributed by atoms with Crippen molar-refractivity contribution in [3.05, 3.63) is 129 Å². The van der Waals surface area contributed by atoms with Gasteiger partial charge in [0.25, 0.3) is 11.8 Å². The summed E-state index contributed by atoms with van der Waals surface area (Å²) in [6.45, 7) is 1.09. The van der Waals surface area contributed by atoms with Gasteiger partial charge < -0.3 is 21.5 Å². The van der Waals surface area contributed by atoms with E-state index in [9.17, 15) is 19.5 Å². The summed E-state index contributed by atoms with van der Waals surface area (Å²) in [5.41, 5.74) is 9.53. The van der Waals surface area contributed by atoms with Crippen molar-refractivity contribution < 1.29 is 19.5 Å². The summed E-state index contributed by atoms with van der Waals surface area (Å²) in [7, 11) is 0. The Labute approximate surface area is 254 Å². The lowest BCUT2D eigenvalue weighted by atomic mass is 10.1. The minimum absolute atomic E-state index is 0.198. The summed E-state index contributed by atoms with van der Waals surface area (Å²) in [6.07, 6.45) is 0.198. The topological polar surface area (TPSA) is 125 Å². The Bertz CT molecular complexity index is 1470. The Morgan fingerprint density at radius 1 is 0.714 bits per heavy atom. The molecule has 4 aromatic carbocycles. The molecule has 0 spiro atoms. The van der Waals surface area contributed by atoms with Crippen LogP contribution in [0.4, 0.5) is 11.4 Å². The van der Waals surface area contributed by atoms with E-state index in [4.69, 9.17) is 28.9 Å². The van der Waals surface area contributed by atoms with Gasteiger partial charge >= 0.3 is 5.97 Å². The molecule has 0 aliphatic heterocycles. The Morgan fingerprint density at radius 2 is 1.17 bits per heavy atom. The zero-order chi connectivity index (χ0) is 30.1. The molecule has 0 saturated carbocycles. The van der Waals surface area contributed by atoms with Gasteiger partial charge in [-0.05, 0) is 66.1 Å². The van der Waals surface area contributed by atoms with E-state index in [1.54, 1.807) is 60.7 Å². The number of nitrogens with two attached hydrogens (primary N) is 1. The van der Waals surface area contributed by atoms with E-state index in [-0.39, 0.29) is 18.2 Å². The second kappa shape index (κ2) is 14.6. The van der Waals surface area contributed by atoms with Crippen LogP contribution in [0.15, 0.2) is 97.1 Å². The molecule has 42 heavy (non-hydrogen) atoms. The van der Waals surface area contributed by atoms with Crippen LogP contribution in [0.2, 0.25) is 10.0 Å². The highest BCUT2D eigenvalue weighted by atomic mass is 35.5. The van der Waals surface area contributed by atoms with Gasteiger partial charge in [0.15, 0.2) is 0 Å². The number of para-hydroxylation sites is 2. The first-order chi connectivity index (χ1) is 20.2. The minimum Gasteiger partial charge on any atom is -0.480 e. The van der Waals surface area contributed by atoms with Crippen molar-refractivity contribution in [1.82, 2.24) is 4.90 Å². The monoisotopic (exact) mass is 604 g/mol. The standard InChI is InChI=1S/C32H30Cl2N4O4/c33-25-11-5-9-21(17-25)30(39)36-28-13-3-1-7-23(28)19-38(16-15-27(35)32(41)42)20-24-8-2-4-14-29(24)37-31(40)22-10-6-12-26(34)18-22/h1-14,17-18,27H,15-16,19-20,35H2,(H,36,39)(H,37,40)(H,41,42). The highest BCUT2D eigenvalue weighted by molar-refractivity contribution is 6.31. The number of carboxylic acids is 1. The lowest BCUT2D eigenvalue weighted by molar-refractivity contribution is -0.138. The largest absolute Gasteiger partial charge is 0.480 e. The molecule has 0 saturated heterocycles. The molecular formula is C32H30Cl2N4O4. The maximum absolute atomic E-state index is 13.0. The van der Waals surface area contributed by atoms with Gasteiger partial charge in [0, 0.05) is 52.2 Å². The van der Waals surface area contributed by atoms with Gasteiger partial charge in [0.1, 0.15) is 6.04 Å². The van der Waals surface area contributed by atoms with Crippen LogP contribution in [0.1, 0.15) is 38.3 Å². The first kappa shape index (κ1) is 30.7. The number of aliphatic carboxylic acids is 1. The van der Waals surface area contributed by atoms with E-state index in [1.807, 2.05) is 41.3 Å². The van der Waals surface area contributed by atoms with Gasteiger partial charge in [-0.15, -0.1) is 0 Å². The van der Waals surface area contributed by atoms with Crippen molar-refractivity contribution in [1.29, 1.82) is 0 Å². The number of halogens is 2. The van der Waals surface area contributed by atoms with Crippen LogP contribution in [-0.2, 0) is 17.9 Å². The number of carbonyl (C=O) groups is 3. The van der Waals surface area contributed by atoms with Gasteiger partial charge in [-0.2, -0.15) is 0 Å². The maximum Gasteiger partial charge on any atom is 0.320 e. The fourth-order valence-electron chi connectivity index (χ4n) is 4.35. The maximum atomic E-state index is 13.0. The van der Waals surface area contributed by atoms with Gasteiger partial charge in [-0.1, -0.05) is 71.7 Å².